The Morgan fingerprint density at radius 1 is 1.00 bits per heavy atom. The van der Waals surface area contributed by atoms with Gasteiger partial charge in [0.15, 0.2) is 0 Å². The van der Waals surface area contributed by atoms with E-state index in [1.54, 1.807) is 19.2 Å². The van der Waals surface area contributed by atoms with Crippen molar-refractivity contribution in [2.75, 3.05) is 0 Å². The molecule has 3 N–H and O–H groups in total. The van der Waals surface area contributed by atoms with Crippen LogP contribution < -0.4 is 5.73 Å². The fourth-order valence-corrected chi connectivity index (χ4v) is 4.81. The summed E-state index contributed by atoms with van der Waals surface area (Å²) in [6, 6.07) is 9.26. The molecule has 0 radical (unpaired) electrons. The van der Waals surface area contributed by atoms with Gasteiger partial charge in [-0.3, -0.25) is 14.8 Å². The van der Waals surface area contributed by atoms with Gasteiger partial charge in [0.05, 0.1) is 40.4 Å². The number of nitrogens with two attached hydrogens (primary N) is 1. The summed E-state index contributed by atoms with van der Waals surface area (Å²) in [7, 11) is 0. The largest absolute Gasteiger partial charge is 0.326 e. The van der Waals surface area contributed by atoms with E-state index in [4.69, 9.17) is 10.7 Å². The van der Waals surface area contributed by atoms with Crippen LogP contribution in [0.4, 0.5) is 4.39 Å². The second kappa shape index (κ2) is 8.66. The van der Waals surface area contributed by atoms with Crippen LogP contribution in [-0.2, 0) is 0 Å². The van der Waals surface area contributed by atoms with Crippen molar-refractivity contribution in [3.8, 4) is 33.8 Å². The van der Waals surface area contributed by atoms with Crippen molar-refractivity contribution in [2.45, 2.75) is 44.7 Å². The van der Waals surface area contributed by atoms with E-state index in [2.05, 4.69) is 31.5 Å². The zero-order chi connectivity index (χ0) is 23.9. The molecule has 1 aliphatic rings. The molecule has 1 aliphatic carbocycles. The Morgan fingerprint density at radius 3 is 2.71 bits per heavy atom. The SMILES string of the molecule is Cc1nc(-c2n[nH]cc2-c2ccc3ncc(-c4cnn([C@@H]5CCCC[C@H]5N)c4)cc3n2)ccc1F. The third-order valence-corrected chi connectivity index (χ3v) is 6.77. The van der Waals surface area contributed by atoms with Crippen LogP contribution in [-0.4, -0.2) is 41.0 Å². The number of fused-ring (bicyclic) bond motifs is 1. The van der Waals surface area contributed by atoms with Gasteiger partial charge >= 0.3 is 0 Å². The first-order chi connectivity index (χ1) is 17.1. The van der Waals surface area contributed by atoms with Crippen LogP contribution in [0.3, 0.4) is 0 Å². The van der Waals surface area contributed by atoms with Gasteiger partial charge < -0.3 is 5.73 Å². The van der Waals surface area contributed by atoms with Gasteiger partial charge in [-0.05, 0) is 50.1 Å². The van der Waals surface area contributed by atoms with Crippen LogP contribution in [0.2, 0.25) is 0 Å². The summed E-state index contributed by atoms with van der Waals surface area (Å²) in [5, 5.41) is 11.8. The lowest BCUT2D eigenvalue weighted by molar-refractivity contribution is 0.286. The number of hydrogen-bond acceptors (Lipinski definition) is 6. The number of rotatable bonds is 4. The van der Waals surface area contributed by atoms with Crippen molar-refractivity contribution < 1.29 is 4.39 Å². The minimum atomic E-state index is -0.345. The summed E-state index contributed by atoms with van der Waals surface area (Å²) in [5.74, 6) is -0.345. The van der Waals surface area contributed by atoms with Gasteiger partial charge in [0, 0.05) is 41.3 Å². The van der Waals surface area contributed by atoms with Crippen LogP contribution in [0.5, 0.6) is 0 Å². The van der Waals surface area contributed by atoms with Crippen LogP contribution in [0, 0.1) is 12.7 Å². The zero-order valence-electron chi connectivity index (χ0n) is 19.3. The molecule has 0 aromatic carbocycles. The summed E-state index contributed by atoms with van der Waals surface area (Å²) in [6.45, 7) is 1.64. The molecule has 5 aromatic heterocycles. The van der Waals surface area contributed by atoms with Crippen molar-refractivity contribution in [1.82, 2.24) is 34.9 Å². The van der Waals surface area contributed by atoms with Crippen molar-refractivity contribution in [2.24, 2.45) is 5.73 Å². The molecule has 35 heavy (non-hydrogen) atoms. The topological polar surface area (TPSA) is 111 Å². The third kappa shape index (κ3) is 3.97. The number of hydrogen-bond donors (Lipinski definition) is 2. The van der Waals surface area contributed by atoms with E-state index in [1.807, 2.05) is 35.3 Å². The molecular formula is C26H25FN8. The molecule has 5 aromatic rings. The summed E-state index contributed by atoms with van der Waals surface area (Å²) < 4.78 is 15.7. The number of halogens is 1. The van der Waals surface area contributed by atoms with Gasteiger partial charge in [-0.2, -0.15) is 10.2 Å². The Morgan fingerprint density at radius 2 is 1.86 bits per heavy atom. The molecule has 1 fully saturated rings. The molecule has 0 bridgehead atoms. The van der Waals surface area contributed by atoms with Crippen molar-refractivity contribution in [3.05, 3.63) is 66.6 Å². The molecule has 1 saturated carbocycles. The van der Waals surface area contributed by atoms with E-state index in [-0.39, 0.29) is 17.9 Å². The predicted molar refractivity (Wildman–Crippen MR) is 132 cm³/mol. The number of pyridine rings is 3. The molecule has 0 unspecified atom stereocenters. The Kier molecular flexibility index (Phi) is 5.33. The lowest BCUT2D eigenvalue weighted by atomic mass is 9.91. The van der Waals surface area contributed by atoms with Crippen molar-refractivity contribution >= 4 is 11.0 Å². The molecule has 6 rings (SSSR count). The van der Waals surface area contributed by atoms with Crippen LogP contribution in [0.25, 0.3) is 44.8 Å². The molecule has 176 valence electrons. The number of aromatic nitrogens is 7. The lowest BCUT2D eigenvalue weighted by Gasteiger charge is -2.28. The second-order valence-corrected chi connectivity index (χ2v) is 9.09. The quantitative estimate of drug-likeness (QED) is 0.391. The maximum Gasteiger partial charge on any atom is 0.144 e. The Balaban J connectivity index is 1.35. The molecule has 2 atom stereocenters. The molecule has 0 aliphatic heterocycles. The molecule has 0 spiro atoms. The Bertz CT molecular complexity index is 1520. The fraction of sp³-hybridized carbons (Fsp3) is 0.269. The molecule has 5 heterocycles. The first kappa shape index (κ1) is 21.5. The summed E-state index contributed by atoms with van der Waals surface area (Å²) in [5.41, 5.74) is 12.9. The van der Waals surface area contributed by atoms with Crippen LogP contribution >= 0.6 is 0 Å². The van der Waals surface area contributed by atoms with E-state index < -0.39 is 0 Å². The monoisotopic (exact) mass is 468 g/mol. The smallest absolute Gasteiger partial charge is 0.144 e. The number of nitrogens with one attached hydrogen (secondary N) is 1. The standard InChI is InChI=1S/C26H25FN8/c1-15-19(27)6-7-23(32-15)26-18(13-30-34-26)21-8-9-22-24(33-21)10-16(11-29-22)17-12-31-35(14-17)25-5-3-2-4-20(25)28/h6-14,20,25H,2-5,28H2,1H3,(H,30,34)/t20-,25-/m1/s1. The van der Waals surface area contributed by atoms with Crippen LogP contribution in [0.15, 0.2) is 55.1 Å². The molecule has 0 saturated heterocycles. The average molecular weight is 469 g/mol. The number of nitrogens with zero attached hydrogens (tertiary/aromatic N) is 6. The summed E-state index contributed by atoms with van der Waals surface area (Å²) in [6.07, 6.45) is 12.0. The Hall–Kier alpha value is -3.98. The third-order valence-electron chi connectivity index (χ3n) is 6.77. The van der Waals surface area contributed by atoms with Gasteiger partial charge in [0.1, 0.15) is 11.5 Å². The van der Waals surface area contributed by atoms with E-state index in [1.165, 1.54) is 18.9 Å². The highest BCUT2D eigenvalue weighted by molar-refractivity contribution is 5.84. The lowest BCUT2D eigenvalue weighted by Crippen LogP contribution is -2.35. The Labute approximate surface area is 201 Å². The van der Waals surface area contributed by atoms with Gasteiger partial charge in [-0.15, -0.1) is 0 Å². The van der Waals surface area contributed by atoms with Crippen LogP contribution in [0.1, 0.15) is 37.4 Å². The van der Waals surface area contributed by atoms with E-state index in [9.17, 15) is 4.39 Å². The van der Waals surface area contributed by atoms with Gasteiger partial charge in [0.2, 0.25) is 0 Å². The summed E-state index contributed by atoms with van der Waals surface area (Å²) >= 11 is 0. The zero-order valence-corrected chi connectivity index (χ0v) is 19.3. The van der Waals surface area contributed by atoms with Gasteiger partial charge in [0.25, 0.3) is 0 Å². The van der Waals surface area contributed by atoms with Gasteiger partial charge in [-0.1, -0.05) is 12.8 Å². The maximum atomic E-state index is 13.7. The minimum Gasteiger partial charge on any atom is -0.326 e. The highest BCUT2D eigenvalue weighted by Crippen LogP contribution is 2.31. The average Bonchev–Trinajstić information content (AvgIpc) is 3.56. The molecule has 9 heteroatoms. The fourth-order valence-electron chi connectivity index (χ4n) is 4.81. The molecule has 0 amide bonds. The minimum absolute atomic E-state index is 0.138. The van der Waals surface area contributed by atoms with Crippen molar-refractivity contribution in [3.63, 3.8) is 0 Å². The highest BCUT2D eigenvalue weighted by Gasteiger charge is 2.24. The second-order valence-electron chi connectivity index (χ2n) is 9.09. The molecular weight excluding hydrogens is 443 g/mol. The van der Waals surface area contributed by atoms with Crippen molar-refractivity contribution in [1.29, 1.82) is 0 Å². The highest BCUT2D eigenvalue weighted by atomic mass is 19.1. The predicted octanol–water partition coefficient (Wildman–Crippen LogP) is 4.84. The summed E-state index contributed by atoms with van der Waals surface area (Å²) in [4.78, 5) is 13.8. The first-order valence-electron chi connectivity index (χ1n) is 11.8. The van der Waals surface area contributed by atoms with E-state index in [0.29, 0.717) is 17.1 Å². The van der Waals surface area contributed by atoms with Gasteiger partial charge in [-0.25, -0.2) is 14.4 Å². The van der Waals surface area contributed by atoms with E-state index >= 15 is 0 Å². The number of aryl methyl sites for hydroxylation is 1. The first-order valence-corrected chi connectivity index (χ1v) is 11.8. The normalized spacial score (nSPS) is 18.3. The maximum absolute atomic E-state index is 13.7. The number of H-pyrrole nitrogens is 1. The molecule has 8 nitrogen and oxygen atoms in total. The number of aromatic amines is 1. The van der Waals surface area contributed by atoms with E-state index in [0.717, 1.165) is 46.3 Å².